The Labute approximate surface area is 106 Å². The maximum atomic E-state index is 11.8. The molecule has 1 amide bonds. The zero-order valence-corrected chi connectivity index (χ0v) is 11.2. The molecular formula is C13H18BrNO. The van der Waals surface area contributed by atoms with Crippen LogP contribution in [0, 0.1) is 0 Å². The molecule has 0 unspecified atom stereocenters. The molecule has 1 rings (SSSR count). The third-order valence-corrected chi connectivity index (χ3v) is 2.74. The highest BCUT2D eigenvalue weighted by molar-refractivity contribution is 9.09. The molecule has 0 aliphatic rings. The number of hydrogen-bond acceptors (Lipinski definition) is 1. The minimum absolute atomic E-state index is 0.241. The lowest BCUT2D eigenvalue weighted by molar-refractivity contribution is -0.131. The van der Waals surface area contributed by atoms with Crippen LogP contribution in [0.5, 0.6) is 0 Å². The number of amides is 1. The van der Waals surface area contributed by atoms with Gasteiger partial charge >= 0.3 is 0 Å². The second kappa shape index (κ2) is 7.44. The number of alkyl halides is 1. The number of benzene rings is 1. The molecule has 0 aromatic heterocycles. The molecule has 0 bridgehead atoms. The lowest BCUT2D eigenvalue weighted by Crippen LogP contribution is -2.31. The summed E-state index contributed by atoms with van der Waals surface area (Å²) >= 11 is 3.39. The number of nitrogens with zero attached hydrogens (tertiary/aromatic N) is 1. The third kappa shape index (κ3) is 4.35. The molecule has 0 saturated carbocycles. The lowest BCUT2D eigenvalue weighted by atomic mass is 10.2. The van der Waals surface area contributed by atoms with Crippen molar-refractivity contribution in [3.05, 3.63) is 35.9 Å². The summed E-state index contributed by atoms with van der Waals surface area (Å²) in [6, 6.07) is 10.1. The van der Waals surface area contributed by atoms with Crippen LogP contribution in [0.3, 0.4) is 0 Å². The Bertz CT molecular complexity index is 313. The van der Waals surface area contributed by atoms with Gasteiger partial charge in [0.1, 0.15) is 0 Å². The van der Waals surface area contributed by atoms with Crippen LogP contribution in [-0.4, -0.2) is 22.7 Å². The molecule has 1 aromatic rings. The fourth-order valence-corrected chi connectivity index (χ4v) is 2.00. The van der Waals surface area contributed by atoms with Crippen molar-refractivity contribution in [1.29, 1.82) is 0 Å². The van der Waals surface area contributed by atoms with E-state index in [-0.39, 0.29) is 5.91 Å². The normalized spacial score (nSPS) is 10.1. The van der Waals surface area contributed by atoms with Crippen molar-refractivity contribution in [3.63, 3.8) is 0 Å². The Kier molecular flexibility index (Phi) is 6.16. The molecule has 0 fully saturated rings. The topological polar surface area (TPSA) is 20.3 Å². The van der Waals surface area contributed by atoms with E-state index in [9.17, 15) is 4.79 Å². The molecule has 0 spiro atoms. The number of halogens is 1. The van der Waals surface area contributed by atoms with E-state index >= 15 is 0 Å². The van der Waals surface area contributed by atoms with Crippen molar-refractivity contribution in [3.8, 4) is 0 Å². The predicted molar refractivity (Wildman–Crippen MR) is 70.6 cm³/mol. The highest BCUT2D eigenvalue weighted by atomic mass is 79.9. The van der Waals surface area contributed by atoms with Gasteiger partial charge in [-0.1, -0.05) is 53.2 Å². The molecule has 0 atom stereocenters. The molecule has 1 aromatic carbocycles. The standard InChI is InChI=1S/C13H18BrNO/c1-2-6-13(16)15(10-9-14)11-12-7-4-3-5-8-12/h3-5,7-8H,2,6,9-11H2,1H3. The smallest absolute Gasteiger partial charge is 0.222 e. The maximum Gasteiger partial charge on any atom is 0.222 e. The molecule has 0 radical (unpaired) electrons. The average molecular weight is 284 g/mol. The van der Waals surface area contributed by atoms with Crippen LogP contribution in [0.2, 0.25) is 0 Å². The molecule has 0 aliphatic heterocycles. The minimum Gasteiger partial charge on any atom is -0.338 e. The first-order valence-corrected chi connectivity index (χ1v) is 6.77. The van der Waals surface area contributed by atoms with E-state index in [0.717, 1.165) is 18.3 Å². The Hall–Kier alpha value is -0.830. The van der Waals surface area contributed by atoms with E-state index in [1.165, 1.54) is 5.56 Å². The Morgan fingerprint density at radius 3 is 2.56 bits per heavy atom. The summed E-state index contributed by atoms with van der Waals surface area (Å²) in [5.74, 6) is 0.241. The second-order valence-corrected chi connectivity index (χ2v) is 4.53. The lowest BCUT2D eigenvalue weighted by Gasteiger charge is -2.21. The first kappa shape index (κ1) is 13.2. The van der Waals surface area contributed by atoms with E-state index in [1.54, 1.807) is 0 Å². The summed E-state index contributed by atoms with van der Waals surface area (Å²) in [5.41, 5.74) is 1.19. The first-order valence-electron chi connectivity index (χ1n) is 5.65. The highest BCUT2D eigenvalue weighted by Crippen LogP contribution is 2.07. The van der Waals surface area contributed by atoms with Crippen LogP contribution in [0.25, 0.3) is 0 Å². The molecule has 0 aliphatic carbocycles. The van der Waals surface area contributed by atoms with E-state index in [0.29, 0.717) is 13.0 Å². The average Bonchev–Trinajstić information content (AvgIpc) is 2.30. The van der Waals surface area contributed by atoms with Gasteiger partial charge in [-0.25, -0.2) is 0 Å². The van der Waals surface area contributed by atoms with Gasteiger partial charge in [0.05, 0.1) is 0 Å². The van der Waals surface area contributed by atoms with Crippen LogP contribution < -0.4 is 0 Å². The Balaban J connectivity index is 2.60. The fraction of sp³-hybridized carbons (Fsp3) is 0.462. The summed E-state index contributed by atoms with van der Waals surface area (Å²) in [6.07, 6.45) is 1.55. The summed E-state index contributed by atoms with van der Waals surface area (Å²) in [7, 11) is 0. The van der Waals surface area contributed by atoms with Crippen LogP contribution in [0.1, 0.15) is 25.3 Å². The summed E-state index contributed by atoms with van der Waals surface area (Å²) < 4.78 is 0. The zero-order valence-electron chi connectivity index (χ0n) is 9.66. The van der Waals surface area contributed by atoms with Gasteiger partial charge in [-0.05, 0) is 12.0 Å². The largest absolute Gasteiger partial charge is 0.338 e. The molecule has 16 heavy (non-hydrogen) atoms. The third-order valence-electron chi connectivity index (χ3n) is 2.39. The van der Waals surface area contributed by atoms with Crippen molar-refractivity contribution >= 4 is 21.8 Å². The predicted octanol–water partition coefficient (Wildman–Crippen LogP) is 3.21. The summed E-state index contributed by atoms with van der Waals surface area (Å²) in [5, 5.41) is 0.829. The number of hydrogen-bond donors (Lipinski definition) is 0. The van der Waals surface area contributed by atoms with Crippen molar-refractivity contribution in [2.45, 2.75) is 26.3 Å². The van der Waals surface area contributed by atoms with E-state index in [2.05, 4.69) is 28.1 Å². The first-order chi connectivity index (χ1) is 7.77. The maximum absolute atomic E-state index is 11.8. The van der Waals surface area contributed by atoms with Crippen LogP contribution in [-0.2, 0) is 11.3 Å². The van der Waals surface area contributed by atoms with Crippen molar-refractivity contribution in [1.82, 2.24) is 4.90 Å². The van der Waals surface area contributed by atoms with Gasteiger partial charge in [-0.2, -0.15) is 0 Å². The molecule has 88 valence electrons. The van der Waals surface area contributed by atoms with Crippen LogP contribution in [0.4, 0.5) is 0 Å². The van der Waals surface area contributed by atoms with Crippen molar-refractivity contribution in [2.24, 2.45) is 0 Å². The molecule has 2 nitrogen and oxygen atoms in total. The van der Waals surface area contributed by atoms with Gasteiger partial charge < -0.3 is 4.90 Å². The monoisotopic (exact) mass is 283 g/mol. The van der Waals surface area contributed by atoms with Gasteiger partial charge in [0.15, 0.2) is 0 Å². The molecule has 3 heteroatoms. The van der Waals surface area contributed by atoms with Gasteiger partial charge in [0.25, 0.3) is 0 Å². The zero-order chi connectivity index (χ0) is 11.8. The number of carbonyl (C=O) groups is 1. The van der Waals surface area contributed by atoms with Gasteiger partial charge in [-0.15, -0.1) is 0 Å². The summed E-state index contributed by atoms with van der Waals surface area (Å²) in [6.45, 7) is 3.52. The van der Waals surface area contributed by atoms with Gasteiger partial charge in [0.2, 0.25) is 5.91 Å². The van der Waals surface area contributed by atoms with E-state index in [4.69, 9.17) is 0 Å². The van der Waals surface area contributed by atoms with E-state index in [1.807, 2.05) is 30.0 Å². The molecule has 0 heterocycles. The Morgan fingerprint density at radius 1 is 1.31 bits per heavy atom. The highest BCUT2D eigenvalue weighted by Gasteiger charge is 2.11. The summed E-state index contributed by atoms with van der Waals surface area (Å²) in [4.78, 5) is 13.8. The molecule has 0 N–H and O–H groups in total. The quantitative estimate of drug-likeness (QED) is 0.734. The van der Waals surface area contributed by atoms with Gasteiger partial charge in [0, 0.05) is 24.8 Å². The molecular weight excluding hydrogens is 266 g/mol. The number of rotatable bonds is 6. The van der Waals surface area contributed by atoms with Crippen LogP contribution >= 0.6 is 15.9 Å². The van der Waals surface area contributed by atoms with E-state index < -0.39 is 0 Å². The molecule has 0 saturated heterocycles. The SMILES string of the molecule is CCCC(=O)N(CCBr)Cc1ccccc1. The Morgan fingerprint density at radius 2 is 2.00 bits per heavy atom. The number of carbonyl (C=O) groups excluding carboxylic acids is 1. The minimum atomic E-state index is 0.241. The van der Waals surface area contributed by atoms with Gasteiger partial charge in [-0.3, -0.25) is 4.79 Å². The van der Waals surface area contributed by atoms with Crippen molar-refractivity contribution in [2.75, 3.05) is 11.9 Å². The fourth-order valence-electron chi connectivity index (χ4n) is 1.57. The van der Waals surface area contributed by atoms with Crippen LogP contribution in [0.15, 0.2) is 30.3 Å². The van der Waals surface area contributed by atoms with Crippen molar-refractivity contribution < 1.29 is 4.79 Å². The second-order valence-electron chi connectivity index (χ2n) is 3.74.